The van der Waals surface area contributed by atoms with Crippen molar-refractivity contribution < 1.29 is 0 Å². The van der Waals surface area contributed by atoms with E-state index in [-0.39, 0.29) is 0 Å². The lowest BCUT2D eigenvalue weighted by molar-refractivity contribution is 1.43. The van der Waals surface area contributed by atoms with Crippen molar-refractivity contribution in [3.63, 3.8) is 0 Å². The van der Waals surface area contributed by atoms with Crippen LogP contribution in [0.15, 0.2) is 42.5 Å². The molecule has 0 radical (unpaired) electrons. The van der Waals surface area contributed by atoms with Crippen molar-refractivity contribution in [3.05, 3.63) is 59.2 Å². The Morgan fingerprint density at radius 2 is 1.35 bits per heavy atom. The number of aryl methyl sites for hydroxylation is 3. The lowest BCUT2D eigenvalue weighted by atomic mass is 9.97. The van der Waals surface area contributed by atoms with Gasteiger partial charge in [0.1, 0.15) is 0 Å². The predicted molar refractivity (Wildman–Crippen MR) is 75.7 cm³/mol. The van der Waals surface area contributed by atoms with Crippen LogP contribution in [-0.2, 0) is 0 Å². The van der Waals surface area contributed by atoms with E-state index >= 15 is 0 Å². The number of rotatable bonds is 0. The molecule has 0 N–H and O–H groups in total. The van der Waals surface area contributed by atoms with E-state index in [1.807, 2.05) is 0 Å². The summed E-state index contributed by atoms with van der Waals surface area (Å²) in [4.78, 5) is 0. The number of hydrogen-bond acceptors (Lipinski definition) is 0. The lowest BCUT2D eigenvalue weighted by Crippen LogP contribution is -1.83. The molecule has 3 aromatic rings. The largest absolute Gasteiger partial charge is 0.0587 e. The van der Waals surface area contributed by atoms with Gasteiger partial charge in [-0.05, 0) is 60.0 Å². The zero-order valence-corrected chi connectivity index (χ0v) is 10.5. The molecule has 0 bridgehead atoms. The molecule has 0 heteroatoms. The Balaban J connectivity index is 2.48. The quantitative estimate of drug-likeness (QED) is 0.472. The van der Waals surface area contributed by atoms with E-state index in [4.69, 9.17) is 0 Å². The van der Waals surface area contributed by atoms with Crippen molar-refractivity contribution in [2.24, 2.45) is 0 Å². The molecule has 84 valence electrons. The van der Waals surface area contributed by atoms with Gasteiger partial charge in [0.2, 0.25) is 0 Å². The first-order valence-electron chi connectivity index (χ1n) is 6.05. The van der Waals surface area contributed by atoms with Crippen LogP contribution >= 0.6 is 0 Å². The predicted octanol–water partition coefficient (Wildman–Crippen LogP) is 4.92. The molecule has 0 fully saturated rings. The van der Waals surface area contributed by atoms with Gasteiger partial charge < -0.3 is 0 Å². The molecule has 0 amide bonds. The van der Waals surface area contributed by atoms with Gasteiger partial charge in [0.25, 0.3) is 0 Å². The minimum atomic E-state index is 1.32. The summed E-state index contributed by atoms with van der Waals surface area (Å²) < 4.78 is 0. The maximum atomic E-state index is 2.31. The molecular formula is C17H16. The van der Waals surface area contributed by atoms with Crippen molar-refractivity contribution in [1.29, 1.82) is 0 Å². The Kier molecular flexibility index (Phi) is 2.19. The number of fused-ring (bicyclic) bond motifs is 2. The van der Waals surface area contributed by atoms with Gasteiger partial charge in [-0.2, -0.15) is 0 Å². The van der Waals surface area contributed by atoms with Crippen LogP contribution in [0.3, 0.4) is 0 Å². The fourth-order valence-electron chi connectivity index (χ4n) is 2.60. The zero-order valence-electron chi connectivity index (χ0n) is 10.5. The molecule has 0 heterocycles. The molecule has 0 spiro atoms. The minimum absolute atomic E-state index is 1.32. The first-order valence-corrected chi connectivity index (χ1v) is 6.05. The van der Waals surface area contributed by atoms with Crippen molar-refractivity contribution in [1.82, 2.24) is 0 Å². The average Bonchev–Trinajstić information content (AvgIpc) is 2.27. The summed E-state index contributed by atoms with van der Waals surface area (Å²) in [6, 6.07) is 15.8. The van der Waals surface area contributed by atoms with Crippen LogP contribution in [-0.4, -0.2) is 0 Å². The molecule has 0 aliphatic heterocycles. The maximum Gasteiger partial charge on any atom is -0.0148 e. The SMILES string of the molecule is Cc1ccc2cc3cc(C)cc(C)c3cc2c1. The Morgan fingerprint density at radius 1 is 0.588 bits per heavy atom. The third kappa shape index (κ3) is 1.70. The average molecular weight is 220 g/mol. The molecular weight excluding hydrogens is 204 g/mol. The van der Waals surface area contributed by atoms with E-state index in [1.165, 1.54) is 38.2 Å². The molecule has 0 nitrogen and oxygen atoms in total. The molecule has 3 aromatic carbocycles. The van der Waals surface area contributed by atoms with Gasteiger partial charge >= 0.3 is 0 Å². The third-order valence-electron chi connectivity index (χ3n) is 3.42. The van der Waals surface area contributed by atoms with E-state index in [2.05, 4.69) is 63.2 Å². The van der Waals surface area contributed by atoms with E-state index in [0.29, 0.717) is 0 Å². The van der Waals surface area contributed by atoms with Crippen LogP contribution in [0.4, 0.5) is 0 Å². The monoisotopic (exact) mass is 220 g/mol. The van der Waals surface area contributed by atoms with Crippen LogP contribution in [0.25, 0.3) is 21.5 Å². The summed E-state index contributed by atoms with van der Waals surface area (Å²) in [5, 5.41) is 5.38. The number of benzene rings is 3. The molecule has 0 saturated carbocycles. The van der Waals surface area contributed by atoms with Gasteiger partial charge in [-0.25, -0.2) is 0 Å². The molecule has 0 aliphatic carbocycles. The Hall–Kier alpha value is -1.82. The van der Waals surface area contributed by atoms with E-state index < -0.39 is 0 Å². The fourth-order valence-corrected chi connectivity index (χ4v) is 2.60. The second-order valence-corrected chi connectivity index (χ2v) is 5.01. The fraction of sp³-hybridized carbons (Fsp3) is 0.176. The van der Waals surface area contributed by atoms with Crippen LogP contribution in [0.5, 0.6) is 0 Å². The highest BCUT2D eigenvalue weighted by Gasteiger charge is 2.02. The second-order valence-electron chi connectivity index (χ2n) is 5.01. The van der Waals surface area contributed by atoms with Crippen LogP contribution < -0.4 is 0 Å². The minimum Gasteiger partial charge on any atom is -0.0587 e. The highest BCUT2D eigenvalue weighted by Crippen LogP contribution is 2.27. The summed E-state index contributed by atoms with van der Waals surface area (Å²) >= 11 is 0. The highest BCUT2D eigenvalue weighted by molar-refractivity contribution is 6.00. The Labute approximate surface area is 102 Å². The van der Waals surface area contributed by atoms with Gasteiger partial charge in [0.15, 0.2) is 0 Å². The topological polar surface area (TPSA) is 0 Å². The van der Waals surface area contributed by atoms with E-state index in [9.17, 15) is 0 Å². The van der Waals surface area contributed by atoms with Crippen molar-refractivity contribution in [3.8, 4) is 0 Å². The normalized spacial score (nSPS) is 11.2. The first-order chi connectivity index (χ1) is 8.13. The molecule has 0 saturated heterocycles. The smallest absolute Gasteiger partial charge is 0.0148 e. The first kappa shape index (κ1) is 10.3. The standard InChI is InChI=1S/C17H16/c1-11-4-5-14-9-16-8-12(2)6-13(3)17(16)10-15(14)7-11/h4-10H,1-3H3. The van der Waals surface area contributed by atoms with Gasteiger partial charge in [0, 0.05) is 0 Å². The van der Waals surface area contributed by atoms with Crippen molar-refractivity contribution >= 4 is 21.5 Å². The van der Waals surface area contributed by atoms with Gasteiger partial charge in [-0.15, -0.1) is 0 Å². The molecule has 0 atom stereocenters. The summed E-state index contributed by atoms with van der Waals surface area (Å²) in [5.74, 6) is 0. The van der Waals surface area contributed by atoms with E-state index in [0.717, 1.165) is 0 Å². The molecule has 0 unspecified atom stereocenters. The second kappa shape index (κ2) is 3.59. The third-order valence-corrected chi connectivity index (χ3v) is 3.42. The molecule has 17 heavy (non-hydrogen) atoms. The Morgan fingerprint density at radius 3 is 2.18 bits per heavy atom. The van der Waals surface area contributed by atoms with Crippen molar-refractivity contribution in [2.45, 2.75) is 20.8 Å². The van der Waals surface area contributed by atoms with Gasteiger partial charge in [0.05, 0.1) is 0 Å². The summed E-state index contributed by atoms with van der Waals surface area (Å²) in [5.41, 5.74) is 4.02. The molecule has 0 aliphatic rings. The summed E-state index contributed by atoms with van der Waals surface area (Å²) in [7, 11) is 0. The zero-order chi connectivity index (χ0) is 12.0. The van der Waals surface area contributed by atoms with Gasteiger partial charge in [-0.3, -0.25) is 0 Å². The number of hydrogen-bond donors (Lipinski definition) is 0. The van der Waals surface area contributed by atoms with Crippen LogP contribution in [0.2, 0.25) is 0 Å². The summed E-state index contributed by atoms with van der Waals surface area (Å²) in [6.07, 6.45) is 0. The van der Waals surface area contributed by atoms with E-state index in [1.54, 1.807) is 0 Å². The lowest BCUT2D eigenvalue weighted by Gasteiger charge is -2.07. The van der Waals surface area contributed by atoms with Gasteiger partial charge in [-0.1, -0.05) is 41.5 Å². The maximum absolute atomic E-state index is 2.31. The van der Waals surface area contributed by atoms with Crippen LogP contribution in [0, 0.1) is 20.8 Å². The highest BCUT2D eigenvalue weighted by atomic mass is 14.1. The van der Waals surface area contributed by atoms with Crippen LogP contribution in [0.1, 0.15) is 16.7 Å². The molecule has 0 aromatic heterocycles. The summed E-state index contributed by atoms with van der Waals surface area (Å²) in [6.45, 7) is 6.49. The Bertz CT molecular complexity index is 721. The molecule has 3 rings (SSSR count). The van der Waals surface area contributed by atoms with Crippen molar-refractivity contribution in [2.75, 3.05) is 0 Å².